The van der Waals surface area contributed by atoms with Crippen LogP contribution in [0.3, 0.4) is 0 Å². The number of halogens is 1. The topological polar surface area (TPSA) is 33.7 Å². The van der Waals surface area contributed by atoms with Crippen LogP contribution in [-0.2, 0) is 13.1 Å². The summed E-state index contributed by atoms with van der Waals surface area (Å²) in [6, 6.07) is 12.1. The summed E-state index contributed by atoms with van der Waals surface area (Å²) in [5, 5.41) is 3.60. The molecule has 24 heavy (non-hydrogen) atoms. The lowest BCUT2D eigenvalue weighted by atomic mass is 10.1. The zero-order valence-corrected chi connectivity index (χ0v) is 14.8. The maximum Gasteiger partial charge on any atom is 0.169 e. The molecule has 0 bridgehead atoms. The van der Waals surface area contributed by atoms with Crippen LogP contribution in [0.5, 0.6) is 11.5 Å². The molecule has 0 amide bonds. The molecule has 0 aliphatic carbocycles. The molecule has 0 fully saturated rings. The number of thiocarbonyl (C=S) groups is 1. The van der Waals surface area contributed by atoms with E-state index in [1.807, 2.05) is 23.1 Å². The molecule has 0 heterocycles. The van der Waals surface area contributed by atoms with Gasteiger partial charge < -0.3 is 19.7 Å². The molecule has 0 aromatic heterocycles. The Morgan fingerprint density at radius 1 is 1.08 bits per heavy atom. The summed E-state index contributed by atoms with van der Waals surface area (Å²) in [6.07, 6.45) is 0. The summed E-state index contributed by atoms with van der Waals surface area (Å²) in [7, 11) is 5.02. The Bertz CT molecular complexity index is 692. The molecule has 128 valence electrons. The van der Waals surface area contributed by atoms with Gasteiger partial charge in [0, 0.05) is 31.8 Å². The second-order valence-corrected chi connectivity index (χ2v) is 5.60. The minimum absolute atomic E-state index is 0.252. The third-order valence-corrected chi connectivity index (χ3v) is 4.11. The van der Waals surface area contributed by atoms with Crippen molar-refractivity contribution in [3.63, 3.8) is 0 Å². The molecule has 2 aromatic carbocycles. The van der Waals surface area contributed by atoms with E-state index in [1.54, 1.807) is 33.4 Å². The number of methoxy groups -OCH3 is 2. The van der Waals surface area contributed by atoms with Gasteiger partial charge in [0.2, 0.25) is 0 Å². The molecule has 0 atom stereocenters. The average molecular weight is 348 g/mol. The first-order valence-electron chi connectivity index (χ1n) is 7.49. The maximum absolute atomic E-state index is 13.1. The molecule has 0 aliphatic heterocycles. The number of nitrogens with zero attached hydrogens (tertiary/aromatic N) is 1. The summed E-state index contributed by atoms with van der Waals surface area (Å²) < 4.78 is 23.8. The van der Waals surface area contributed by atoms with E-state index in [1.165, 1.54) is 12.1 Å². The number of hydrogen-bond acceptors (Lipinski definition) is 3. The lowest BCUT2D eigenvalue weighted by Crippen LogP contribution is -2.36. The maximum atomic E-state index is 13.1. The van der Waals surface area contributed by atoms with Gasteiger partial charge in [-0.05, 0) is 42.0 Å². The highest BCUT2D eigenvalue weighted by molar-refractivity contribution is 7.80. The molecular formula is C18H21FN2O2S. The van der Waals surface area contributed by atoms with Crippen molar-refractivity contribution in [1.82, 2.24) is 10.2 Å². The number of ether oxygens (including phenoxy) is 2. The normalized spacial score (nSPS) is 10.2. The first kappa shape index (κ1) is 18.0. The molecule has 0 saturated carbocycles. The number of nitrogens with one attached hydrogen (secondary N) is 1. The highest BCUT2D eigenvalue weighted by Gasteiger charge is 2.14. The van der Waals surface area contributed by atoms with Crippen LogP contribution < -0.4 is 14.8 Å². The van der Waals surface area contributed by atoms with E-state index < -0.39 is 0 Å². The molecule has 1 N–H and O–H groups in total. The molecule has 0 saturated heterocycles. The zero-order chi connectivity index (χ0) is 17.5. The standard InChI is InChI=1S/C18H21FN2O2S/c1-20-18(24)21(11-13-4-7-15(19)8-5-13)12-14-6-9-16(22-2)10-17(14)23-3/h4-10H,11-12H2,1-3H3,(H,20,24). The fraction of sp³-hybridized carbons (Fsp3) is 0.278. The van der Waals surface area contributed by atoms with Crippen LogP contribution in [0.2, 0.25) is 0 Å². The van der Waals surface area contributed by atoms with Gasteiger partial charge in [-0.2, -0.15) is 0 Å². The quantitative estimate of drug-likeness (QED) is 0.810. The summed E-state index contributed by atoms with van der Waals surface area (Å²) in [6.45, 7) is 1.12. The third-order valence-electron chi connectivity index (χ3n) is 3.64. The molecule has 2 rings (SSSR count). The Morgan fingerprint density at radius 2 is 1.79 bits per heavy atom. The van der Waals surface area contributed by atoms with Crippen LogP contribution >= 0.6 is 12.2 Å². The van der Waals surface area contributed by atoms with Crippen molar-refractivity contribution in [3.05, 3.63) is 59.4 Å². The summed E-state index contributed by atoms with van der Waals surface area (Å²) in [4.78, 5) is 1.99. The van der Waals surface area contributed by atoms with Crippen LogP contribution in [0.1, 0.15) is 11.1 Å². The Balaban J connectivity index is 2.22. The predicted molar refractivity (Wildman–Crippen MR) is 96.9 cm³/mol. The van der Waals surface area contributed by atoms with E-state index >= 15 is 0 Å². The van der Waals surface area contributed by atoms with Crippen molar-refractivity contribution in [3.8, 4) is 11.5 Å². The van der Waals surface area contributed by atoms with Crippen LogP contribution in [0.4, 0.5) is 4.39 Å². The average Bonchev–Trinajstić information content (AvgIpc) is 2.62. The first-order valence-corrected chi connectivity index (χ1v) is 7.90. The number of hydrogen-bond donors (Lipinski definition) is 1. The molecule has 2 aromatic rings. The van der Waals surface area contributed by atoms with Crippen LogP contribution in [0.25, 0.3) is 0 Å². The molecular weight excluding hydrogens is 327 g/mol. The minimum atomic E-state index is -0.252. The summed E-state index contributed by atoms with van der Waals surface area (Å²) in [5.74, 6) is 1.22. The lowest BCUT2D eigenvalue weighted by molar-refractivity contribution is 0.367. The van der Waals surface area contributed by atoms with E-state index in [9.17, 15) is 4.39 Å². The minimum Gasteiger partial charge on any atom is -0.497 e. The fourth-order valence-electron chi connectivity index (χ4n) is 2.36. The van der Waals surface area contributed by atoms with Crippen LogP contribution in [-0.4, -0.2) is 31.3 Å². The van der Waals surface area contributed by atoms with E-state index in [0.29, 0.717) is 18.2 Å². The summed E-state index contributed by atoms with van der Waals surface area (Å²) >= 11 is 5.40. The van der Waals surface area contributed by atoms with Crippen molar-refractivity contribution in [2.24, 2.45) is 0 Å². The van der Waals surface area contributed by atoms with Crippen molar-refractivity contribution >= 4 is 17.3 Å². The smallest absolute Gasteiger partial charge is 0.169 e. The largest absolute Gasteiger partial charge is 0.497 e. The van der Waals surface area contributed by atoms with Crippen molar-refractivity contribution in [1.29, 1.82) is 0 Å². The van der Waals surface area contributed by atoms with E-state index in [-0.39, 0.29) is 5.82 Å². The van der Waals surface area contributed by atoms with E-state index in [4.69, 9.17) is 21.7 Å². The molecule has 0 aliphatic rings. The van der Waals surface area contributed by atoms with Gasteiger partial charge >= 0.3 is 0 Å². The highest BCUT2D eigenvalue weighted by Crippen LogP contribution is 2.26. The zero-order valence-electron chi connectivity index (χ0n) is 14.0. The number of rotatable bonds is 6. The SMILES string of the molecule is CNC(=S)N(Cc1ccc(F)cc1)Cc1ccc(OC)cc1OC. The molecule has 4 nitrogen and oxygen atoms in total. The van der Waals surface area contributed by atoms with Crippen molar-refractivity contribution in [2.45, 2.75) is 13.1 Å². The molecule has 0 unspecified atom stereocenters. The van der Waals surface area contributed by atoms with Crippen molar-refractivity contribution < 1.29 is 13.9 Å². The van der Waals surface area contributed by atoms with Gasteiger partial charge in [0.15, 0.2) is 5.11 Å². The second kappa shape index (κ2) is 8.49. The van der Waals surface area contributed by atoms with Gasteiger partial charge in [-0.25, -0.2) is 4.39 Å². The van der Waals surface area contributed by atoms with Gasteiger partial charge in [-0.15, -0.1) is 0 Å². The Morgan fingerprint density at radius 3 is 2.38 bits per heavy atom. The lowest BCUT2D eigenvalue weighted by Gasteiger charge is -2.26. The highest BCUT2D eigenvalue weighted by atomic mass is 32.1. The number of benzene rings is 2. The van der Waals surface area contributed by atoms with Gasteiger partial charge in [0.1, 0.15) is 17.3 Å². The van der Waals surface area contributed by atoms with Gasteiger partial charge in [0.05, 0.1) is 14.2 Å². The Hall–Kier alpha value is -2.34. The summed E-state index contributed by atoms with van der Waals surface area (Å²) in [5.41, 5.74) is 1.96. The molecule has 6 heteroatoms. The van der Waals surface area contributed by atoms with Gasteiger partial charge in [0.25, 0.3) is 0 Å². The molecule has 0 spiro atoms. The van der Waals surface area contributed by atoms with E-state index in [0.717, 1.165) is 22.6 Å². The predicted octanol–water partition coefficient (Wildman–Crippen LogP) is 3.35. The van der Waals surface area contributed by atoms with E-state index in [2.05, 4.69) is 5.32 Å². The van der Waals surface area contributed by atoms with Gasteiger partial charge in [-0.1, -0.05) is 12.1 Å². The molecule has 0 radical (unpaired) electrons. The monoisotopic (exact) mass is 348 g/mol. The van der Waals surface area contributed by atoms with Crippen LogP contribution in [0.15, 0.2) is 42.5 Å². The third kappa shape index (κ3) is 4.58. The Kier molecular flexibility index (Phi) is 6.37. The first-order chi connectivity index (χ1) is 11.6. The van der Waals surface area contributed by atoms with Crippen molar-refractivity contribution in [2.75, 3.05) is 21.3 Å². The Labute approximate surface area is 147 Å². The van der Waals surface area contributed by atoms with Gasteiger partial charge in [-0.3, -0.25) is 0 Å². The van der Waals surface area contributed by atoms with Crippen LogP contribution in [0, 0.1) is 5.82 Å². The second-order valence-electron chi connectivity index (χ2n) is 5.22. The fourth-order valence-corrected chi connectivity index (χ4v) is 2.49.